The van der Waals surface area contributed by atoms with Gasteiger partial charge >= 0.3 is 18.0 Å². The van der Waals surface area contributed by atoms with E-state index in [4.69, 9.17) is 5.11 Å². The molecule has 1 aromatic rings. The fourth-order valence-corrected chi connectivity index (χ4v) is 2.21. The summed E-state index contributed by atoms with van der Waals surface area (Å²) in [6.45, 7) is 2.20. The Labute approximate surface area is 125 Å². The molecule has 116 valence electrons. The molecule has 9 heteroatoms. The number of carbonyl (C=O) groups excluding carboxylic acids is 2. The summed E-state index contributed by atoms with van der Waals surface area (Å²) in [5.41, 5.74) is 0. The van der Waals surface area contributed by atoms with Crippen LogP contribution in [0.5, 0.6) is 0 Å². The number of hydrogen-bond acceptors (Lipinski definition) is 6. The minimum absolute atomic E-state index is 0.195. The highest BCUT2D eigenvalue weighted by Gasteiger charge is 2.23. The van der Waals surface area contributed by atoms with Crippen LogP contribution in [0.3, 0.4) is 0 Å². The number of aromatic nitrogens is 1. The van der Waals surface area contributed by atoms with Crippen LogP contribution in [0, 0.1) is 0 Å². The number of carbonyl (C=O) groups is 3. The molecule has 0 saturated heterocycles. The standard InChI is InChI=1S/C12H17N3O5S/c1-3-7-5-13-9(21-7)6-14-12(19)15-8(11(17)18)4-10(16)20-2/h5,8H,3-4,6H2,1-2H3,(H,17,18)(H2,14,15,19)/t8-/m0/s1. The van der Waals surface area contributed by atoms with Crippen LogP contribution in [-0.4, -0.2) is 41.2 Å². The Hall–Kier alpha value is -2.16. The zero-order chi connectivity index (χ0) is 15.8. The van der Waals surface area contributed by atoms with Crippen LogP contribution < -0.4 is 10.6 Å². The maximum absolute atomic E-state index is 11.6. The van der Waals surface area contributed by atoms with Gasteiger partial charge in [0.1, 0.15) is 11.0 Å². The Kier molecular flexibility index (Phi) is 6.60. The third kappa shape index (κ3) is 5.78. The zero-order valence-electron chi connectivity index (χ0n) is 11.7. The number of carboxylic acids is 1. The fraction of sp³-hybridized carbons (Fsp3) is 0.500. The van der Waals surface area contributed by atoms with Crippen molar-refractivity contribution in [2.75, 3.05) is 7.11 Å². The van der Waals surface area contributed by atoms with E-state index in [-0.39, 0.29) is 6.54 Å². The molecule has 0 spiro atoms. The van der Waals surface area contributed by atoms with E-state index in [1.165, 1.54) is 11.3 Å². The zero-order valence-corrected chi connectivity index (χ0v) is 12.5. The van der Waals surface area contributed by atoms with Gasteiger partial charge in [-0.2, -0.15) is 0 Å². The molecule has 1 atom stereocenters. The first kappa shape index (κ1) is 16.9. The lowest BCUT2D eigenvalue weighted by Gasteiger charge is -2.13. The molecule has 0 unspecified atom stereocenters. The second kappa shape index (κ2) is 8.20. The van der Waals surface area contributed by atoms with E-state index >= 15 is 0 Å². The van der Waals surface area contributed by atoms with Gasteiger partial charge in [0.15, 0.2) is 0 Å². The van der Waals surface area contributed by atoms with E-state index in [2.05, 4.69) is 20.4 Å². The van der Waals surface area contributed by atoms with E-state index in [1.54, 1.807) is 6.20 Å². The van der Waals surface area contributed by atoms with Gasteiger partial charge in [-0.25, -0.2) is 14.6 Å². The van der Waals surface area contributed by atoms with Gasteiger partial charge in [-0.15, -0.1) is 11.3 Å². The predicted octanol–water partition coefficient (Wildman–Crippen LogP) is 0.521. The van der Waals surface area contributed by atoms with E-state index in [0.29, 0.717) is 0 Å². The van der Waals surface area contributed by atoms with Crippen molar-refractivity contribution < 1.29 is 24.2 Å². The fourth-order valence-electron chi connectivity index (χ4n) is 1.41. The molecule has 0 fully saturated rings. The second-order valence-electron chi connectivity index (χ2n) is 4.07. The van der Waals surface area contributed by atoms with Crippen molar-refractivity contribution >= 4 is 29.3 Å². The van der Waals surface area contributed by atoms with Gasteiger partial charge in [0, 0.05) is 11.1 Å². The average Bonchev–Trinajstić information content (AvgIpc) is 2.92. The Bertz CT molecular complexity index is 517. The highest BCUT2D eigenvalue weighted by molar-refractivity contribution is 7.11. The number of thiazole rings is 1. The Morgan fingerprint density at radius 1 is 1.48 bits per heavy atom. The number of methoxy groups -OCH3 is 1. The maximum atomic E-state index is 11.6. The number of nitrogens with one attached hydrogen (secondary N) is 2. The van der Waals surface area contributed by atoms with Crippen molar-refractivity contribution in [3.05, 3.63) is 16.1 Å². The lowest BCUT2D eigenvalue weighted by atomic mass is 10.2. The van der Waals surface area contributed by atoms with Crippen molar-refractivity contribution in [2.24, 2.45) is 0 Å². The molecule has 21 heavy (non-hydrogen) atoms. The van der Waals surface area contributed by atoms with E-state index in [9.17, 15) is 14.4 Å². The number of hydrogen-bond donors (Lipinski definition) is 3. The molecule has 1 aromatic heterocycles. The monoisotopic (exact) mass is 315 g/mol. The van der Waals surface area contributed by atoms with Gasteiger partial charge in [-0.05, 0) is 6.42 Å². The summed E-state index contributed by atoms with van der Waals surface area (Å²) in [6.07, 6.45) is 2.16. The average molecular weight is 315 g/mol. The minimum Gasteiger partial charge on any atom is -0.480 e. The summed E-state index contributed by atoms with van der Waals surface area (Å²) in [7, 11) is 1.15. The van der Waals surface area contributed by atoms with Crippen LogP contribution >= 0.6 is 11.3 Å². The highest BCUT2D eigenvalue weighted by atomic mass is 32.1. The van der Waals surface area contributed by atoms with Gasteiger partial charge in [0.2, 0.25) is 0 Å². The van der Waals surface area contributed by atoms with E-state index < -0.39 is 30.4 Å². The van der Waals surface area contributed by atoms with Crippen molar-refractivity contribution in [2.45, 2.75) is 32.4 Å². The number of carboxylic acid groups (broad SMARTS) is 1. The molecule has 1 heterocycles. The normalized spacial score (nSPS) is 11.5. The molecule has 0 aliphatic rings. The van der Waals surface area contributed by atoms with Gasteiger partial charge < -0.3 is 20.5 Å². The molecule has 8 nitrogen and oxygen atoms in total. The number of esters is 1. The number of rotatable bonds is 7. The number of ether oxygens (including phenoxy) is 1. The molecule has 0 saturated carbocycles. The van der Waals surface area contributed by atoms with Gasteiger partial charge in [0.05, 0.1) is 20.1 Å². The molecule has 2 amide bonds. The smallest absolute Gasteiger partial charge is 0.326 e. The molecular weight excluding hydrogens is 298 g/mol. The number of amides is 2. The number of nitrogens with zero attached hydrogens (tertiary/aromatic N) is 1. The first-order chi connectivity index (χ1) is 9.96. The predicted molar refractivity (Wildman–Crippen MR) is 74.9 cm³/mol. The van der Waals surface area contributed by atoms with E-state index in [0.717, 1.165) is 23.4 Å². The molecule has 1 rings (SSSR count). The SMILES string of the molecule is CCc1cnc(CNC(=O)N[C@@H](CC(=O)OC)C(=O)O)s1. The molecular formula is C12H17N3O5S. The first-order valence-electron chi connectivity index (χ1n) is 6.23. The third-order valence-electron chi connectivity index (χ3n) is 2.55. The maximum Gasteiger partial charge on any atom is 0.326 e. The number of aryl methyl sites for hydroxylation is 1. The first-order valence-corrected chi connectivity index (χ1v) is 7.05. The van der Waals surface area contributed by atoms with Gasteiger partial charge in [0.25, 0.3) is 0 Å². The summed E-state index contributed by atoms with van der Waals surface area (Å²) in [5, 5.41) is 14.3. The molecule has 0 bridgehead atoms. The van der Waals surface area contributed by atoms with Crippen molar-refractivity contribution in [1.82, 2.24) is 15.6 Å². The quantitative estimate of drug-likeness (QED) is 0.631. The van der Waals surface area contributed by atoms with Crippen LogP contribution in [0.1, 0.15) is 23.2 Å². The minimum atomic E-state index is -1.33. The topological polar surface area (TPSA) is 118 Å². The molecule has 0 aromatic carbocycles. The highest BCUT2D eigenvalue weighted by Crippen LogP contribution is 2.12. The molecule has 3 N–H and O–H groups in total. The summed E-state index contributed by atoms with van der Waals surface area (Å²) in [5.74, 6) is -2.02. The third-order valence-corrected chi connectivity index (χ3v) is 3.69. The van der Waals surface area contributed by atoms with Crippen molar-refractivity contribution in [3.63, 3.8) is 0 Å². The van der Waals surface area contributed by atoms with Crippen LogP contribution in [0.4, 0.5) is 4.79 Å². The number of urea groups is 1. The second-order valence-corrected chi connectivity index (χ2v) is 5.27. The van der Waals surface area contributed by atoms with Crippen LogP contribution in [0.15, 0.2) is 6.20 Å². The summed E-state index contributed by atoms with van der Waals surface area (Å²) in [6, 6.07) is -2.01. The van der Waals surface area contributed by atoms with Crippen LogP contribution in [0.25, 0.3) is 0 Å². The van der Waals surface area contributed by atoms with Crippen molar-refractivity contribution in [1.29, 1.82) is 0 Å². The van der Waals surface area contributed by atoms with Gasteiger partial charge in [-0.3, -0.25) is 4.79 Å². The molecule has 0 aliphatic carbocycles. The molecule has 0 aliphatic heterocycles. The summed E-state index contributed by atoms with van der Waals surface area (Å²) in [4.78, 5) is 38.8. The lowest BCUT2D eigenvalue weighted by Crippen LogP contribution is -2.46. The van der Waals surface area contributed by atoms with Crippen LogP contribution in [-0.2, 0) is 27.3 Å². The summed E-state index contributed by atoms with van der Waals surface area (Å²) >= 11 is 1.47. The number of aliphatic carboxylic acids is 1. The van der Waals surface area contributed by atoms with Gasteiger partial charge in [-0.1, -0.05) is 6.92 Å². The lowest BCUT2D eigenvalue weighted by molar-refractivity contribution is -0.147. The van der Waals surface area contributed by atoms with Crippen molar-refractivity contribution in [3.8, 4) is 0 Å². The Morgan fingerprint density at radius 2 is 2.19 bits per heavy atom. The molecule has 0 radical (unpaired) electrons. The Morgan fingerprint density at radius 3 is 2.71 bits per heavy atom. The summed E-state index contributed by atoms with van der Waals surface area (Å²) < 4.78 is 4.37. The largest absolute Gasteiger partial charge is 0.480 e. The van der Waals surface area contributed by atoms with Crippen LogP contribution in [0.2, 0.25) is 0 Å². The Balaban J connectivity index is 2.46. The van der Waals surface area contributed by atoms with E-state index in [1.807, 2.05) is 6.92 Å².